The van der Waals surface area contributed by atoms with E-state index in [1.165, 1.54) is 0 Å². The van der Waals surface area contributed by atoms with E-state index < -0.39 is 5.97 Å². The van der Waals surface area contributed by atoms with Gasteiger partial charge in [0.05, 0.1) is 0 Å². The Morgan fingerprint density at radius 3 is 2.75 bits per heavy atom. The van der Waals surface area contributed by atoms with Crippen LogP contribution < -0.4 is 0 Å². The normalized spacial score (nSPS) is 10.8. The second-order valence-electron chi connectivity index (χ2n) is 2.96. The van der Waals surface area contributed by atoms with Crippen molar-refractivity contribution in [2.75, 3.05) is 0 Å². The Labute approximate surface area is 90.7 Å². The first kappa shape index (κ1) is 10.0. The summed E-state index contributed by atoms with van der Waals surface area (Å²) in [6, 6.07) is 9.39. The Bertz CT molecular complexity index is 519. The smallest absolute Gasteiger partial charge is 0.373 e. The van der Waals surface area contributed by atoms with E-state index in [1.807, 2.05) is 30.3 Å². The third kappa shape index (κ3) is 2.30. The van der Waals surface area contributed by atoms with Crippen LogP contribution in [0.1, 0.15) is 16.2 Å². The molecule has 1 aromatic heterocycles. The zero-order valence-corrected chi connectivity index (χ0v) is 8.16. The molecule has 2 aromatic rings. The number of rotatable bonds is 3. The van der Waals surface area contributed by atoms with Crippen molar-refractivity contribution < 1.29 is 9.90 Å². The summed E-state index contributed by atoms with van der Waals surface area (Å²) in [5, 5.41) is 14.5. The van der Waals surface area contributed by atoms with Gasteiger partial charge in [0.25, 0.3) is 5.95 Å². The van der Waals surface area contributed by atoms with Gasteiger partial charge in [-0.2, -0.15) is 4.98 Å². The summed E-state index contributed by atoms with van der Waals surface area (Å²) < 4.78 is 0. The second kappa shape index (κ2) is 4.35. The lowest BCUT2D eigenvalue weighted by atomic mass is 10.2. The van der Waals surface area contributed by atoms with Crippen LogP contribution in [0.4, 0.5) is 5.95 Å². The monoisotopic (exact) mass is 216 g/mol. The van der Waals surface area contributed by atoms with Gasteiger partial charge in [0, 0.05) is 6.21 Å². The molecule has 0 fully saturated rings. The van der Waals surface area contributed by atoms with E-state index in [2.05, 4.69) is 20.2 Å². The molecule has 0 unspecified atom stereocenters. The Morgan fingerprint density at radius 2 is 2.12 bits per heavy atom. The van der Waals surface area contributed by atoms with Crippen molar-refractivity contribution in [3.8, 4) is 0 Å². The first-order chi connectivity index (χ1) is 7.75. The maximum Gasteiger partial charge on any atom is 0.373 e. The molecule has 1 heterocycles. The van der Waals surface area contributed by atoms with Gasteiger partial charge in [-0.3, -0.25) is 5.10 Å². The highest BCUT2D eigenvalue weighted by atomic mass is 16.4. The number of nitrogens with one attached hydrogen (secondary N) is 1. The zero-order chi connectivity index (χ0) is 11.4. The van der Waals surface area contributed by atoms with Crippen LogP contribution in [0.25, 0.3) is 0 Å². The number of H-pyrrole nitrogens is 1. The van der Waals surface area contributed by atoms with E-state index in [0.717, 1.165) is 5.56 Å². The summed E-state index contributed by atoms with van der Waals surface area (Å²) in [7, 11) is 0. The van der Waals surface area contributed by atoms with Gasteiger partial charge in [-0.25, -0.2) is 9.79 Å². The van der Waals surface area contributed by atoms with Crippen LogP contribution in [0.2, 0.25) is 0 Å². The number of aromatic carboxylic acids is 1. The van der Waals surface area contributed by atoms with Crippen molar-refractivity contribution in [2.24, 2.45) is 4.99 Å². The largest absolute Gasteiger partial charge is 0.475 e. The number of carboxylic acids is 1. The fourth-order valence-electron chi connectivity index (χ4n) is 1.08. The molecule has 6 heteroatoms. The molecule has 1 aromatic carbocycles. The average molecular weight is 216 g/mol. The maximum absolute atomic E-state index is 10.5. The lowest BCUT2D eigenvalue weighted by Gasteiger charge is -1.88. The number of benzene rings is 1. The summed E-state index contributed by atoms with van der Waals surface area (Å²) >= 11 is 0. The van der Waals surface area contributed by atoms with Crippen LogP contribution in [0.3, 0.4) is 0 Å². The number of aliphatic imine (C=N–C) groups is 1. The second-order valence-corrected chi connectivity index (χ2v) is 2.96. The van der Waals surface area contributed by atoms with E-state index in [1.54, 1.807) is 6.21 Å². The van der Waals surface area contributed by atoms with Gasteiger partial charge in [0.2, 0.25) is 5.82 Å². The van der Waals surface area contributed by atoms with Crippen LogP contribution in [0, 0.1) is 0 Å². The van der Waals surface area contributed by atoms with Gasteiger partial charge in [-0.15, -0.1) is 5.10 Å². The molecule has 0 aliphatic carbocycles. The van der Waals surface area contributed by atoms with Crippen molar-refractivity contribution in [2.45, 2.75) is 0 Å². The number of carbonyl (C=O) groups is 1. The lowest BCUT2D eigenvalue weighted by Crippen LogP contribution is -1.98. The Balaban J connectivity index is 2.15. The topological polar surface area (TPSA) is 91.2 Å². The van der Waals surface area contributed by atoms with Crippen molar-refractivity contribution in [3.63, 3.8) is 0 Å². The average Bonchev–Trinajstić information content (AvgIpc) is 2.76. The summed E-state index contributed by atoms with van der Waals surface area (Å²) in [6.07, 6.45) is 1.56. The summed E-state index contributed by atoms with van der Waals surface area (Å²) in [6.45, 7) is 0. The third-order valence-electron chi connectivity index (χ3n) is 1.80. The molecule has 6 nitrogen and oxygen atoms in total. The molecule has 0 radical (unpaired) electrons. The highest BCUT2D eigenvalue weighted by Crippen LogP contribution is 2.03. The highest BCUT2D eigenvalue weighted by molar-refractivity contribution is 5.84. The molecule has 16 heavy (non-hydrogen) atoms. The molecule has 2 N–H and O–H groups in total. The maximum atomic E-state index is 10.5. The Morgan fingerprint density at radius 1 is 1.38 bits per heavy atom. The fourth-order valence-corrected chi connectivity index (χ4v) is 1.08. The molecule has 0 saturated carbocycles. The molecular formula is C10H8N4O2. The minimum Gasteiger partial charge on any atom is -0.475 e. The molecule has 0 spiro atoms. The molecule has 0 aliphatic rings. The summed E-state index contributed by atoms with van der Waals surface area (Å²) in [5.74, 6) is -1.28. The van der Waals surface area contributed by atoms with E-state index >= 15 is 0 Å². The number of aromatic nitrogens is 3. The molecular weight excluding hydrogens is 208 g/mol. The SMILES string of the molecule is O=C(O)c1nc(N=Cc2ccccc2)n[nH]1. The van der Waals surface area contributed by atoms with E-state index in [4.69, 9.17) is 5.11 Å². The standard InChI is InChI=1S/C10H8N4O2/c15-9(16)8-12-10(14-13-8)11-6-7-4-2-1-3-5-7/h1-6H,(H,15,16)(H,12,13,14). The molecule has 0 saturated heterocycles. The van der Waals surface area contributed by atoms with Crippen LogP contribution in [-0.2, 0) is 0 Å². The van der Waals surface area contributed by atoms with Crippen molar-refractivity contribution in [1.29, 1.82) is 0 Å². The van der Waals surface area contributed by atoms with Crippen LogP contribution in [-0.4, -0.2) is 32.5 Å². The van der Waals surface area contributed by atoms with Gasteiger partial charge in [0.1, 0.15) is 0 Å². The summed E-state index contributed by atoms with van der Waals surface area (Å²) in [4.78, 5) is 18.1. The number of carboxylic acid groups (broad SMARTS) is 1. The van der Waals surface area contributed by atoms with Gasteiger partial charge < -0.3 is 5.11 Å². The van der Waals surface area contributed by atoms with Crippen molar-refractivity contribution in [3.05, 3.63) is 41.7 Å². The predicted octanol–water partition coefficient (Wildman–Crippen LogP) is 1.25. The number of hydrogen-bond donors (Lipinski definition) is 2. The van der Waals surface area contributed by atoms with E-state index in [-0.39, 0.29) is 11.8 Å². The highest BCUT2D eigenvalue weighted by Gasteiger charge is 2.07. The van der Waals surface area contributed by atoms with Gasteiger partial charge >= 0.3 is 5.97 Å². The third-order valence-corrected chi connectivity index (χ3v) is 1.80. The number of hydrogen-bond acceptors (Lipinski definition) is 4. The van der Waals surface area contributed by atoms with Gasteiger partial charge in [-0.05, 0) is 5.56 Å². The number of nitrogens with zero attached hydrogens (tertiary/aromatic N) is 3. The first-order valence-electron chi connectivity index (χ1n) is 4.50. The zero-order valence-electron chi connectivity index (χ0n) is 8.16. The minimum absolute atomic E-state index is 0.0984. The molecule has 2 rings (SSSR count). The molecule has 0 aliphatic heterocycles. The van der Waals surface area contributed by atoms with Crippen molar-refractivity contribution >= 4 is 18.1 Å². The van der Waals surface area contributed by atoms with Gasteiger partial charge in [-0.1, -0.05) is 30.3 Å². The lowest BCUT2D eigenvalue weighted by molar-refractivity contribution is 0.0684. The summed E-state index contributed by atoms with van der Waals surface area (Å²) in [5.41, 5.74) is 0.893. The molecule has 0 bridgehead atoms. The van der Waals surface area contributed by atoms with E-state index in [9.17, 15) is 4.79 Å². The van der Waals surface area contributed by atoms with Gasteiger partial charge in [0.15, 0.2) is 0 Å². The fraction of sp³-hybridized carbons (Fsp3) is 0. The van der Waals surface area contributed by atoms with Crippen molar-refractivity contribution in [1.82, 2.24) is 15.2 Å². The molecule has 80 valence electrons. The van der Waals surface area contributed by atoms with Crippen LogP contribution >= 0.6 is 0 Å². The number of aromatic amines is 1. The Kier molecular flexibility index (Phi) is 2.73. The first-order valence-corrected chi connectivity index (χ1v) is 4.50. The Hall–Kier alpha value is -2.50. The van der Waals surface area contributed by atoms with E-state index in [0.29, 0.717) is 0 Å². The molecule has 0 amide bonds. The van der Waals surface area contributed by atoms with Crippen LogP contribution in [0.15, 0.2) is 35.3 Å². The minimum atomic E-state index is -1.16. The quantitative estimate of drug-likeness (QED) is 0.755. The predicted molar refractivity (Wildman–Crippen MR) is 57.0 cm³/mol. The van der Waals surface area contributed by atoms with Crippen LogP contribution in [0.5, 0.6) is 0 Å². The molecule has 0 atom stereocenters.